The molecule has 0 unspecified atom stereocenters. The van der Waals surface area contributed by atoms with Gasteiger partial charge in [-0.25, -0.2) is 4.39 Å². The molecule has 0 aliphatic rings. The van der Waals surface area contributed by atoms with Crippen LogP contribution in [0.1, 0.15) is 15.9 Å². The summed E-state index contributed by atoms with van der Waals surface area (Å²) in [5, 5.41) is 0. The van der Waals surface area contributed by atoms with Crippen molar-refractivity contribution in [3.63, 3.8) is 0 Å². The lowest BCUT2D eigenvalue weighted by Crippen LogP contribution is -2.33. The first kappa shape index (κ1) is 18.9. The molecule has 0 fully saturated rings. The summed E-state index contributed by atoms with van der Waals surface area (Å²) in [7, 11) is 1.59. The monoisotopic (exact) mass is 382 g/mol. The van der Waals surface area contributed by atoms with E-state index in [0.29, 0.717) is 11.3 Å². The molecule has 0 aliphatic carbocycles. The first-order valence-corrected chi connectivity index (χ1v) is 9.12. The minimum atomic E-state index is -0.538. The third-order valence-corrected chi connectivity index (χ3v) is 4.67. The van der Waals surface area contributed by atoms with Crippen LogP contribution in [-0.2, 0) is 0 Å². The van der Waals surface area contributed by atoms with Crippen molar-refractivity contribution in [2.45, 2.75) is 11.8 Å². The van der Waals surface area contributed by atoms with Crippen LogP contribution in [0.25, 0.3) is 11.1 Å². The molecule has 0 aliphatic heterocycles. The predicted molar refractivity (Wildman–Crippen MR) is 106 cm³/mol. The standard InChI is InChI=1S/C21H19FN2O2S/c1-14-11-16(15-7-4-3-5-8-15)12-19(20(14)22)21(25)23-24-27-18-10-6-9-17(13-18)26-2/h3-13,24H,1-2H3,(H,23,25). The summed E-state index contributed by atoms with van der Waals surface area (Å²) in [4.78, 5) is 16.1. The first-order chi connectivity index (χ1) is 13.1. The van der Waals surface area contributed by atoms with E-state index in [0.717, 1.165) is 16.0 Å². The van der Waals surface area contributed by atoms with Gasteiger partial charge in [0.1, 0.15) is 11.6 Å². The summed E-state index contributed by atoms with van der Waals surface area (Å²) in [5.41, 5.74) is 4.65. The normalized spacial score (nSPS) is 10.5. The van der Waals surface area contributed by atoms with Crippen molar-refractivity contribution in [2.24, 2.45) is 0 Å². The Bertz CT molecular complexity index is 948. The van der Waals surface area contributed by atoms with Crippen LogP contribution in [0.15, 0.2) is 71.6 Å². The first-order valence-electron chi connectivity index (χ1n) is 8.30. The van der Waals surface area contributed by atoms with Crippen molar-refractivity contribution in [1.82, 2.24) is 10.3 Å². The summed E-state index contributed by atoms with van der Waals surface area (Å²) < 4.78 is 19.6. The van der Waals surface area contributed by atoms with Crippen molar-refractivity contribution >= 4 is 17.9 Å². The molecule has 0 bridgehead atoms. The quantitative estimate of drug-likeness (QED) is 0.477. The van der Waals surface area contributed by atoms with Crippen molar-refractivity contribution in [1.29, 1.82) is 0 Å². The van der Waals surface area contributed by atoms with Gasteiger partial charge in [-0.15, -0.1) is 0 Å². The Hall–Kier alpha value is -2.83. The Balaban J connectivity index is 1.73. The Morgan fingerprint density at radius 3 is 2.52 bits per heavy atom. The number of hydrogen-bond donors (Lipinski definition) is 2. The number of ether oxygens (including phenoxy) is 1. The maximum Gasteiger partial charge on any atom is 0.269 e. The number of rotatable bonds is 6. The Morgan fingerprint density at radius 1 is 1.00 bits per heavy atom. The van der Waals surface area contributed by atoms with Crippen molar-refractivity contribution in [3.05, 3.63) is 83.7 Å². The van der Waals surface area contributed by atoms with E-state index in [1.807, 2.05) is 54.6 Å². The fraction of sp³-hybridized carbons (Fsp3) is 0.0952. The van der Waals surface area contributed by atoms with E-state index in [1.165, 1.54) is 11.9 Å². The molecule has 2 N–H and O–H groups in total. The van der Waals surface area contributed by atoms with Crippen LogP contribution in [-0.4, -0.2) is 13.0 Å². The molecule has 0 radical (unpaired) electrons. The summed E-state index contributed by atoms with van der Waals surface area (Å²) in [6, 6.07) is 20.2. The fourth-order valence-corrected chi connectivity index (χ4v) is 3.18. The van der Waals surface area contributed by atoms with Gasteiger partial charge in [0, 0.05) is 4.90 Å². The molecule has 27 heavy (non-hydrogen) atoms. The van der Waals surface area contributed by atoms with Crippen molar-refractivity contribution < 1.29 is 13.9 Å². The molecule has 3 aromatic carbocycles. The van der Waals surface area contributed by atoms with Crippen LogP contribution >= 0.6 is 11.9 Å². The van der Waals surface area contributed by atoms with Gasteiger partial charge in [0.15, 0.2) is 0 Å². The molecule has 1 amide bonds. The highest BCUT2D eigenvalue weighted by molar-refractivity contribution is 7.97. The number of nitrogens with one attached hydrogen (secondary N) is 2. The molecule has 0 spiro atoms. The highest BCUT2D eigenvalue weighted by atomic mass is 32.2. The summed E-state index contributed by atoms with van der Waals surface area (Å²) in [5.74, 6) is -0.352. The van der Waals surface area contributed by atoms with Crippen LogP contribution in [0, 0.1) is 12.7 Å². The lowest BCUT2D eigenvalue weighted by atomic mass is 9.99. The number of benzene rings is 3. The van der Waals surface area contributed by atoms with Crippen LogP contribution in [0.3, 0.4) is 0 Å². The van der Waals surface area contributed by atoms with Gasteiger partial charge < -0.3 is 4.74 Å². The molecular formula is C21H19FN2O2S. The average molecular weight is 382 g/mol. The molecule has 4 nitrogen and oxygen atoms in total. The number of carbonyl (C=O) groups is 1. The van der Waals surface area contributed by atoms with Crippen LogP contribution in [0.2, 0.25) is 0 Å². The number of amides is 1. The molecule has 0 atom stereocenters. The topological polar surface area (TPSA) is 50.4 Å². The minimum Gasteiger partial charge on any atom is -0.497 e. The second-order valence-corrected chi connectivity index (χ2v) is 6.74. The summed E-state index contributed by atoms with van der Waals surface area (Å²) >= 11 is 1.20. The number of methoxy groups -OCH3 is 1. The maximum absolute atomic E-state index is 14.5. The zero-order chi connectivity index (χ0) is 19.2. The molecule has 3 aromatic rings. The average Bonchev–Trinajstić information content (AvgIpc) is 2.70. The van der Waals surface area contributed by atoms with Gasteiger partial charge in [0.05, 0.1) is 12.7 Å². The molecular weight excluding hydrogens is 363 g/mol. The molecule has 0 heterocycles. The van der Waals surface area contributed by atoms with Gasteiger partial charge in [-0.1, -0.05) is 36.4 Å². The highest BCUT2D eigenvalue weighted by Crippen LogP contribution is 2.25. The van der Waals surface area contributed by atoms with E-state index in [2.05, 4.69) is 10.3 Å². The molecule has 0 aromatic heterocycles. The third kappa shape index (κ3) is 4.67. The van der Waals surface area contributed by atoms with E-state index in [9.17, 15) is 9.18 Å². The highest BCUT2D eigenvalue weighted by Gasteiger charge is 2.16. The number of hydrazine groups is 1. The largest absolute Gasteiger partial charge is 0.497 e. The third-order valence-electron chi connectivity index (χ3n) is 3.98. The maximum atomic E-state index is 14.5. The zero-order valence-electron chi connectivity index (χ0n) is 15.0. The lowest BCUT2D eigenvalue weighted by molar-refractivity contribution is 0.0943. The molecule has 0 saturated heterocycles. The lowest BCUT2D eigenvalue weighted by Gasteiger charge is -2.11. The van der Waals surface area contributed by atoms with Crippen LogP contribution in [0.5, 0.6) is 5.75 Å². The van der Waals surface area contributed by atoms with Crippen molar-refractivity contribution in [2.75, 3.05) is 7.11 Å². The molecule has 6 heteroatoms. The van der Waals surface area contributed by atoms with Gasteiger partial charge in [-0.2, -0.15) is 4.83 Å². The van der Waals surface area contributed by atoms with Crippen molar-refractivity contribution in [3.8, 4) is 16.9 Å². The second-order valence-electron chi connectivity index (χ2n) is 5.86. The van der Waals surface area contributed by atoms with E-state index in [1.54, 1.807) is 26.2 Å². The van der Waals surface area contributed by atoms with Gasteiger partial charge in [0.2, 0.25) is 0 Å². The van der Waals surface area contributed by atoms with E-state index in [-0.39, 0.29) is 5.56 Å². The van der Waals surface area contributed by atoms with Gasteiger partial charge in [0.25, 0.3) is 5.91 Å². The molecule has 3 rings (SSSR count). The molecule has 0 saturated carbocycles. The number of carbonyl (C=O) groups excluding carboxylic acids is 1. The zero-order valence-corrected chi connectivity index (χ0v) is 15.8. The van der Waals surface area contributed by atoms with E-state index < -0.39 is 11.7 Å². The summed E-state index contributed by atoms with van der Waals surface area (Å²) in [6.45, 7) is 1.65. The van der Waals surface area contributed by atoms with Gasteiger partial charge >= 0.3 is 0 Å². The Labute approximate surface area is 161 Å². The van der Waals surface area contributed by atoms with E-state index in [4.69, 9.17) is 4.74 Å². The second kappa shape index (κ2) is 8.70. The number of halogens is 1. The van der Waals surface area contributed by atoms with Gasteiger partial charge in [-0.3, -0.25) is 10.2 Å². The Kier molecular flexibility index (Phi) is 6.11. The minimum absolute atomic E-state index is 0.00686. The summed E-state index contributed by atoms with van der Waals surface area (Å²) in [6.07, 6.45) is 0. The number of aryl methyl sites for hydroxylation is 1. The smallest absolute Gasteiger partial charge is 0.269 e. The van der Waals surface area contributed by atoms with Crippen LogP contribution in [0.4, 0.5) is 4.39 Å². The molecule has 138 valence electrons. The SMILES string of the molecule is COc1cccc(SNNC(=O)c2cc(-c3ccccc3)cc(C)c2F)c1. The predicted octanol–water partition coefficient (Wildman–Crippen LogP) is 4.75. The number of hydrogen-bond acceptors (Lipinski definition) is 4. The van der Waals surface area contributed by atoms with E-state index >= 15 is 0 Å². The Morgan fingerprint density at radius 2 is 1.78 bits per heavy atom. The van der Waals surface area contributed by atoms with Crippen LogP contribution < -0.4 is 15.0 Å². The fourth-order valence-electron chi connectivity index (χ4n) is 2.59. The van der Waals surface area contributed by atoms with Gasteiger partial charge in [-0.05, 0) is 65.9 Å².